The van der Waals surface area contributed by atoms with Gasteiger partial charge in [0.1, 0.15) is 4.90 Å². The van der Waals surface area contributed by atoms with E-state index in [1.165, 1.54) is 16.4 Å². The largest absolute Gasteiger partial charge is 0.308 e. The molecule has 2 rings (SSSR count). The molecule has 0 saturated carbocycles. The summed E-state index contributed by atoms with van der Waals surface area (Å²) in [7, 11) is 0.0701. The summed E-state index contributed by atoms with van der Waals surface area (Å²) in [5, 5.41) is 0.588. The molecule has 0 spiro atoms. The Morgan fingerprint density at radius 3 is 2.20 bits per heavy atom. The Morgan fingerprint density at radius 2 is 1.60 bits per heavy atom. The van der Waals surface area contributed by atoms with Crippen LogP contribution in [0.1, 0.15) is 11.1 Å². The van der Waals surface area contributed by atoms with Crippen molar-refractivity contribution in [2.45, 2.75) is 18.4 Å². The highest BCUT2D eigenvalue weighted by Crippen LogP contribution is 2.30. The SMILES string of the molecule is Cc1cc(S(=O)(=O)N(CCN(C)C)Cc2ccccc2)c(Cl)cc1Cl. The van der Waals surface area contributed by atoms with Gasteiger partial charge in [-0.2, -0.15) is 4.31 Å². The van der Waals surface area contributed by atoms with Crippen LogP contribution in [0.4, 0.5) is 0 Å². The predicted molar refractivity (Wildman–Crippen MR) is 104 cm³/mol. The van der Waals surface area contributed by atoms with Crippen LogP contribution >= 0.6 is 23.2 Å². The summed E-state index contributed by atoms with van der Waals surface area (Å²) in [6.45, 7) is 3.02. The molecule has 7 heteroatoms. The van der Waals surface area contributed by atoms with E-state index in [9.17, 15) is 8.42 Å². The third kappa shape index (κ3) is 5.19. The molecule has 0 N–H and O–H groups in total. The maximum atomic E-state index is 13.2. The molecule has 0 aromatic heterocycles. The van der Waals surface area contributed by atoms with E-state index in [2.05, 4.69) is 0 Å². The van der Waals surface area contributed by atoms with Crippen LogP contribution in [0.5, 0.6) is 0 Å². The lowest BCUT2D eigenvalue weighted by atomic mass is 10.2. The highest BCUT2D eigenvalue weighted by Gasteiger charge is 2.27. The average molecular weight is 401 g/mol. The first-order valence-corrected chi connectivity index (χ1v) is 10.1. The normalized spacial score (nSPS) is 12.1. The zero-order valence-corrected chi connectivity index (χ0v) is 16.9. The van der Waals surface area contributed by atoms with Gasteiger partial charge in [-0.3, -0.25) is 0 Å². The topological polar surface area (TPSA) is 40.6 Å². The van der Waals surface area contributed by atoms with E-state index in [-0.39, 0.29) is 16.5 Å². The Bertz CT molecular complexity index is 824. The lowest BCUT2D eigenvalue weighted by Crippen LogP contribution is -2.36. The van der Waals surface area contributed by atoms with Crippen molar-refractivity contribution in [3.8, 4) is 0 Å². The van der Waals surface area contributed by atoms with Crippen molar-refractivity contribution >= 4 is 33.2 Å². The lowest BCUT2D eigenvalue weighted by Gasteiger charge is -2.24. The summed E-state index contributed by atoms with van der Waals surface area (Å²) in [5.41, 5.74) is 1.60. The number of hydrogen-bond donors (Lipinski definition) is 0. The zero-order valence-electron chi connectivity index (χ0n) is 14.5. The number of sulfonamides is 1. The van der Waals surface area contributed by atoms with E-state index in [0.717, 1.165) is 5.56 Å². The van der Waals surface area contributed by atoms with Crippen molar-refractivity contribution in [2.24, 2.45) is 0 Å². The van der Waals surface area contributed by atoms with Gasteiger partial charge >= 0.3 is 0 Å². The van der Waals surface area contributed by atoms with Crippen molar-refractivity contribution in [1.29, 1.82) is 0 Å². The summed E-state index contributed by atoms with van der Waals surface area (Å²) in [5.74, 6) is 0. The number of likely N-dealkylation sites (N-methyl/N-ethyl adjacent to an activating group) is 1. The highest BCUT2D eigenvalue weighted by molar-refractivity contribution is 7.89. The van der Waals surface area contributed by atoms with E-state index >= 15 is 0 Å². The first kappa shape index (κ1) is 20.2. The number of rotatable bonds is 7. The number of benzene rings is 2. The molecule has 0 aliphatic heterocycles. The summed E-state index contributed by atoms with van der Waals surface area (Å²) < 4.78 is 27.9. The molecule has 0 heterocycles. The van der Waals surface area contributed by atoms with Crippen molar-refractivity contribution in [3.05, 3.63) is 63.6 Å². The molecule has 4 nitrogen and oxygen atoms in total. The summed E-state index contributed by atoms with van der Waals surface area (Å²) in [6, 6.07) is 12.5. The molecule has 136 valence electrons. The van der Waals surface area contributed by atoms with Crippen LogP contribution in [0.3, 0.4) is 0 Å². The molecule has 0 unspecified atom stereocenters. The second-order valence-corrected chi connectivity index (χ2v) is 8.88. The van der Waals surface area contributed by atoms with E-state index in [4.69, 9.17) is 23.2 Å². The second kappa shape index (κ2) is 8.52. The van der Waals surface area contributed by atoms with Crippen LogP contribution in [0.25, 0.3) is 0 Å². The number of aryl methyl sites for hydroxylation is 1. The van der Waals surface area contributed by atoms with Gasteiger partial charge in [-0.1, -0.05) is 53.5 Å². The fraction of sp³-hybridized carbons (Fsp3) is 0.333. The van der Waals surface area contributed by atoms with Crippen molar-refractivity contribution in [3.63, 3.8) is 0 Å². The Morgan fingerprint density at radius 1 is 0.960 bits per heavy atom. The Labute approximate surface area is 160 Å². The molecule has 0 radical (unpaired) electrons. The monoisotopic (exact) mass is 400 g/mol. The van der Waals surface area contributed by atoms with Crippen LogP contribution in [0.2, 0.25) is 10.0 Å². The first-order chi connectivity index (χ1) is 11.7. The Hall–Kier alpha value is -1.11. The Balaban J connectivity index is 2.42. The highest BCUT2D eigenvalue weighted by atomic mass is 35.5. The third-order valence-electron chi connectivity index (χ3n) is 3.83. The summed E-state index contributed by atoms with van der Waals surface area (Å²) >= 11 is 12.2. The standard InChI is InChI=1S/C18H22Cl2N2O2S/c1-14-11-18(17(20)12-16(14)19)25(23,24)22(10-9-21(2)3)13-15-7-5-4-6-8-15/h4-8,11-12H,9-10,13H2,1-3H3. The molecule has 2 aromatic carbocycles. The van der Waals surface area contributed by atoms with Crippen LogP contribution < -0.4 is 0 Å². The molecular weight excluding hydrogens is 379 g/mol. The van der Waals surface area contributed by atoms with Gasteiger partial charge in [-0.05, 0) is 44.3 Å². The smallest absolute Gasteiger partial charge is 0.244 e. The lowest BCUT2D eigenvalue weighted by molar-refractivity contribution is 0.329. The van der Waals surface area contributed by atoms with Crippen LogP contribution in [-0.4, -0.2) is 44.8 Å². The van der Waals surface area contributed by atoms with Gasteiger partial charge in [0.2, 0.25) is 10.0 Å². The van der Waals surface area contributed by atoms with Crippen molar-refractivity contribution < 1.29 is 8.42 Å². The molecule has 0 bridgehead atoms. The number of halogens is 2. The summed E-state index contributed by atoms with van der Waals surface area (Å²) in [4.78, 5) is 2.04. The quantitative estimate of drug-likeness (QED) is 0.703. The second-order valence-electron chi connectivity index (χ2n) is 6.16. The van der Waals surface area contributed by atoms with E-state index in [0.29, 0.717) is 23.7 Å². The molecule has 2 aromatic rings. The van der Waals surface area contributed by atoms with Crippen LogP contribution in [0.15, 0.2) is 47.4 Å². The van der Waals surface area contributed by atoms with E-state index in [1.54, 1.807) is 6.92 Å². The van der Waals surface area contributed by atoms with Crippen LogP contribution in [0, 0.1) is 6.92 Å². The minimum absolute atomic E-state index is 0.0887. The predicted octanol–water partition coefficient (Wildman–Crippen LogP) is 4.05. The molecule has 0 fully saturated rings. The minimum Gasteiger partial charge on any atom is -0.308 e. The molecule has 0 aliphatic rings. The molecule has 25 heavy (non-hydrogen) atoms. The molecule has 0 saturated heterocycles. The van der Waals surface area contributed by atoms with Gasteiger partial charge in [0, 0.05) is 24.7 Å². The average Bonchev–Trinajstić information content (AvgIpc) is 2.55. The zero-order chi connectivity index (χ0) is 18.6. The van der Waals surface area contributed by atoms with Gasteiger partial charge in [-0.25, -0.2) is 8.42 Å². The van der Waals surface area contributed by atoms with Gasteiger partial charge in [0.15, 0.2) is 0 Å². The maximum absolute atomic E-state index is 13.2. The fourth-order valence-electron chi connectivity index (χ4n) is 2.35. The summed E-state index contributed by atoms with van der Waals surface area (Å²) in [6.07, 6.45) is 0. The number of nitrogens with zero attached hydrogens (tertiary/aromatic N) is 2. The van der Waals surface area contributed by atoms with E-state index < -0.39 is 10.0 Å². The third-order valence-corrected chi connectivity index (χ3v) is 6.55. The van der Waals surface area contributed by atoms with Crippen molar-refractivity contribution in [2.75, 3.05) is 27.2 Å². The van der Waals surface area contributed by atoms with E-state index in [1.807, 2.05) is 49.3 Å². The van der Waals surface area contributed by atoms with Gasteiger partial charge in [0.25, 0.3) is 0 Å². The fourth-order valence-corrected chi connectivity index (χ4v) is 4.58. The maximum Gasteiger partial charge on any atom is 0.244 e. The first-order valence-electron chi connectivity index (χ1n) is 7.86. The van der Waals surface area contributed by atoms with Gasteiger partial charge < -0.3 is 4.90 Å². The molecular formula is C18H22Cl2N2O2S. The Kier molecular flexibility index (Phi) is 6.88. The van der Waals surface area contributed by atoms with Gasteiger partial charge in [0.05, 0.1) is 5.02 Å². The molecule has 0 atom stereocenters. The van der Waals surface area contributed by atoms with Gasteiger partial charge in [-0.15, -0.1) is 0 Å². The number of hydrogen-bond acceptors (Lipinski definition) is 3. The molecule has 0 amide bonds. The van der Waals surface area contributed by atoms with Crippen molar-refractivity contribution in [1.82, 2.24) is 9.21 Å². The minimum atomic E-state index is -3.75. The molecule has 0 aliphatic carbocycles. The van der Waals surface area contributed by atoms with Crippen LogP contribution in [-0.2, 0) is 16.6 Å².